The fraction of sp³-hybridized carbons (Fsp3) is 0.154. The van der Waals surface area contributed by atoms with E-state index in [1.807, 2.05) is 17.5 Å². The fourth-order valence-corrected chi connectivity index (χ4v) is 5.12. The van der Waals surface area contributed by atoms with Crippen molar-refractivity contribution in [3.8, 4) is 0 Å². The average molecular weight is 342 g/mol. The van der Waals surface area contributed by atoms with E-state index in [4.69, 9.17) is 10.9 Å². The van der Waals surface area contributed by atoms with Crippen LogP contribution in [0.15, 0.2) is 56.0 Å². The van der Waals surface area contributed by atoms with E-state index < -0.39 is 9.84 Å². The van der Waals surface area contributed by atoms with Crippen LogP contribution >= 0.6 is 23.1 Å². The first-order valence-corrected chi connectivity index (χ1v) is 9.52. The predicted octanol–water partition coefficient (Wildman–Crippen LogP) is 2.41. The number of benzene rings is 1. The summed E-state index contributed by atoms with van der Waals surface area (Å²) in [6, 6.07) is 9.89. The van der Waals surface area contributed by atoms with E-state index in [1.165, 1.54) is 36.0 Å². The minimum Gasteiger partial charge on any atom is -0.409 e. The summed E-state index contributed by atoms with van der Waals surface area (Å²) in [6.45, 7) is 0. The van der Waals surface area contributed by atoms with Gasteiger partial charge in [-0.1, -0.05) is 11.2 Å². The first-order chi connectivity index (χ1) is 10.0. The number of sulfone groups is 1. The normalized spacial score (nSPS) is 12.5. The highest BCUT2D eigenvalue weighted by molar-refractivity contribution is 8.02. The van der Waals surface area contributed by atoms with Gasteiger partial charge in [0.25, 0.3) is 0 Å². The Kier molecular flexibility index (Phi) is 5.27. The van der Waals surface area contributed by atoms with Gasteiger partial charge in [-0.3, -0.25) is 0 Å². The first kappa shape index (κ1) is 15.9. The van der Waals surface area contributed by atoms with Crippen molar-refractivity contribution < 1.29 is 13.6 Å². The molecule has 1 heterocycles. The highest BCUT2D eigenvalue weighted by atomic mass is 32.2. The molecule has 0 aliphatic carbocycles. The lowest BCUT2D eigenvalue weighted by molar-refractivity contribution is 0.318. The van der Waals surface area contributed by atoms with Crippen molar-refractivity contribution in [2.75, 3.05) is 11.5 Å². The molecule has 0 aliphatic rings. The second-order valence-electron chi connectivity index (χ2n) is 4.11. The molecular formula is C13H14N2O3S3. The second-order valence-corrected chi connectivity index (χ2v) is 8.56. The molecule has 1 aromatic carbocycles. The molecule has 0 spiro atoms. The molecule has 0 atom stereocenters. The number of hydrogen-bond acceptors (Lipinski definition) is 6. The van der Waals surface area contributed by atoms with Crippen molar-refractivity contribution in [2.45, 2.75) is 9.10 Å². The minimum absolute atomic E-state index is 0.0489. The highest BCUT2D eigenvalue weighted by Crippen LogP contribution is 2.24. The topological polar surface area (TPSA) is 92.8 Å². The van der Waals surface area contributed by atoms with Crippen LogP contribution in [-0.2, 0) is 9.84 Å². The molecule has 8 heteroatoms. The molecule has 0 saturated carbocycles. The third-order valence-electron chi connectivity index (χ3n) is 2.71. The molecular weight excluding hydrogens is 328 g/mol. The molecule has 5 nitrogen and oxygen atoms in total. The Morgan fingerprint density at radius 1 is 1.29 bits per heavy atom. The van der Waals surface area contributed by atoms with Crippen LogP contribution in [0.4, 0.5) is 0 Å². The standard InChI is InChI=1S/C13H14N2O3S3/c14-13(15-16)10-3-5-11(6-4-10)21(17,18)9-8-20-12-2-1-7-19-12/h1-7,16H,8-9H2,(H2,14,15). The Labute approximate surface area is 131 Å². The Morgan fingerprint density at radius 2 is 2.00 bits per heavy atom. The number of thioether (sulfide) groups is 1. The van der Waals surface area contributed by atoms with E-state index in [9.17, 15) is 8.42 Å². The Bertz CT molecular complexity index is 708. The van der Waals surface area contributed by atoms with Gasteiger partial charge in [0.05, 0.1) is 14.9 Å². The van der Waals surface area contributed by atoms with Gasteiger partial charge >= 0.3 is 0 Å². The van der Waals surface area contributed by atoms with Crippen molar-refractivity contribution in [3.63, 3.8) is 0 Å². The molecule has 0 unspecified atom stereocenters. The second kappa shape index (κ2) is 6.97. The lowest BCUT2D eigenvalue weighted by Crippen LogP contribution is -2.14. The lowest BCUT2D eigenvalue weighted by Gasteiger charge is -2.05. The van der Waals surface area contributed by atoms with Crippen LogP contribution in [0, 0.1) is 0 Å². The van der Waals surface area contributed by atoms with Gasteiger partial charge in [-0.25, -0.2) is 8.42 Å². The summed E-state index contributed by atoms with van der Waals surface area (Å²) in [5.41, 5.74) is 5.91. The summed E-state index contributed by atoms with van der Waals surface area (Å²) >= 11 is 3.12. The lowest BCUT2D eigenvalue weighted by atomic mass is 10.2. The zero-order chi connectivity index (χ0) is 15.3. The summed E-state index contributed by atoms with van der Waals surface area (Å²) in [5.74, 6) is 0.524. The van der Waals surface area contributed by atoms with Crippen LogP contribution in [-0.4, -0.2) is 31.0 Å². The highest BCUT2D eigenvalue weighted by Gasteiger charge is 2.14. The Balaban J connectivity index is 2.02. The fourth-order valence-electron chi connectivity index (χ4n) is 1.61. The van der Waals surface area contributed by atoms with E-state index in [0.29, 0.717) is 11.3 Å². The quantitative estimate of drug-likeness (QED) is 0.276. The molecule has 1 aromatic heterocycles. The Morgan fingerprint density at radius 3 is 2.57 bits per heavy atom. The van der Waals surface area contributed by atoms with Crippen molar-refractivity contribution in [3.05, 3.63) is 47.3 Å². The SMILES string of the molecule is N/C(=N/O)c1ccc(S(=O)(=O)CCSc2cccs2)cc1. The summed E-state index contributed by atoms with van der Waals surface area (Å²) in [6.07, 6.45) is 0. The van der Waals surface area contributed by atoms with Gasteiger partial charge in [0, 0.05) is 11.3 Å². The van der Waals surface area contributed by atoms with Gasteiger partial charge < -0.3 is 10.9 Å². The van der Waals surface area contributed by atoms with Crippen molar-refractivity contribution in [1.82, 2.24) is 0 Å². The van der Waals surface area contributed by atoms with Crippen LogP contribution in [0.3, 0.4) is 0 Å². The molecule has 2 rings (SSSR count). The van der Waals surface area contributed by atoms with Crippen LogP contribution in [0.2, 0.25) is 0 Å². The van der Waals surface area contributed by atoms with E-state index in [1.54, 1.807) is 11.3 Å². The van der Waals surface area contributed by atoms with Gasteiger partial charge in [0.1, 0.15) is 0 Å². The largest absolute Gasteiger partial charge is 0.409 e. The van der Waals surface area contributed by atoms with Crippen LogP contribution < -0.4 is 5.73 Å². The third kappa shape index (κ3) is 4.23. The maximum absolute atomic E-state index is 12.2. The van der Waals surface area contributed by atoms with Crippen molar-refractivity contribution >= 4 is 38.8 Å². The smallest absolute Gasteiger partial charge is 0.179 e. The molecule has 21 heavy (non-hydrogen) atoms. The first-order valence-electron chi connectivity index (χ1n) is 6.00. The Hall–Kier alpha value is -1.51. The maximum atomic E-state index is 12.2. The predicted molar refractivity (Wildman–Crippen MR) is 86.0 cm³/mol. The van der Waals surface area contributed by atoms with E-state index >= 15 is 0 Å². The zero-order valence-corrected chi connectivity index (χ0v) is 13.4. The average Bonchev–Trinajstić information content (AvgIpc) is 2.99. The summed E-state index contributed by atoms with van der Waals surface area (Å²) in [5, 5.41) is 13.4. The van der Waals surface area contributed by atoms with Crippen LogP contribution in [0.5, 0.6) is 0 Å². The van der Waals surface area contributed by atoms with E-state index in [-0.39, 0.29) is 16.5 Å². The third-order valence-corrected chi connectivity index (χ3v) is 6.83. The number of oxime groups is 1. The maximum Gasteiger partial charge on any atom is 0.179 e. The van der Waals surface area contributed by atoms with Crippen LogP contribution in [0.1, 0.15) is 5.56 Å². The number of hydrogen-bond donors (Lipinski definition) is 2. The molecule has 112 valence electrons. The van der Waals surface area contributed by atoms with Gasteiger partial charge in [0.2, 0.25) is 0 Å². The number of rotatable bonds is 6. The monoisotopic (exact) mass is 342 g/mol. The van der Waals surface area contributed by atoms with Gasteiger partial charge in [-0.2, -0.15) is 0 Å². The summed E-state index contributed by atoms with van der Waals surface area (Å²) < 4.78 is 25.5. The molecule has 0 amide bonds. The molecule has 0 radical (unpaired) electrons. The molecule has 0 aliphatic heterocycles. The number of nitrogens with zero attached hydrogens (tertiary/aromatic N) is 1. The number of amidine groups is 1. The van der Waals surface area contributed by atoms with Gasteiger partial charge in [0.15, 0.2) is 15.7 Å². The van der Waals surface area contributed by atoms with Gasteiger partial charge in [-0.05, 0) is 35.7 Å². The molecule has 2 aromatic rings. The van der Waals surface area contributed by atoms with Crippen molar-refractivity contribution in [2.24, 2.45) is 10.9 Å². The van der Waals surface area contributed by atoms with Gasteiger partial charge in [-0.15, -0.1) is 23.1 Å². The van der Waals surface area contributed by atoms with E-state index in [0.717, 1.165) is 4.21 Å². The van der Waals surface area contributed by atoms with E-state index in [2.05, 4.69) is 5.16 Å². The molecule has 0 fully saturated rings. The summed E-state index contributed by atoms with van der Waals surface area (Å²) in [7, 11) is -3.32. The number of thiophene rings is 1. The zero-order valence-electron chi connectivity index (χ0n) is 11.0. The molecule has 0 bridgehead atoms. The minimum atomic E-state index is -3.32. The van der Waals surface area contributed by atoms with Crippen LogP contribution in [0.25, 0.3) is 0 Å². The van der Waals surface area contributed by atoms with Crippen molar-refractivity contribution in [1.29, 1.82) is 0 Å². The number of nitrogens with two attached hydrogens (primary N) is 1. The molecule has 3 N–H and O–H groups in total. The molecule has 0 saturated heterocycles. The summed E-state index contributed by atoms with van der Waals surface area (Å²) in [4.78, 5) is 0.240.